The number of thioether (sulfide) groups is 1. The number of rotatable bonds is 6. The highest BCUT2D eigenvalue weighted by molar-refractivity contribution is 8.00. The van der Waals surface area contributed by atoms with Crippen molar-refractivity contribution in [2.45, 2.75) is 10.9 Å². The number of ether oxygens (including phenoxy) is 1. The van der Waals surface area contributed by atoms with E-state index in [1.54, 1.807) is 18.1 Å². The van der Waals surface area contributed by atoms with E-state index in [-0.39, 0.29) is 0 Å². The average Bonchev–Trinajstić information content (AvgIpc) is 2.88. The SMILES string of the molecule is NCc1ccc(OCCSc2ncns2)cc1. The Labute approximate surface area is 108 Å². The summed E-state index contributed by atoms with van der Waals surface area (Å²) in [4.78, 5) is 4.08. The third-order valence-corrected chi connectivity index (χ3v) is 3.84. The first-order valence-electron chi connectivity index (χ1n) is 5.20. The summed E-state index contributed by atoms with van der Waals surface area (Å²) in [6, 6.07) is 7.84. The van der Waals surface area contributed by atoms with Crippen molar-refractivity contribution in [2.75, 3.05) is 12.4 Å². The zero-order valence-electron chi connectivity index (χ0n) is 9.20. The van der Waals surface area contributed by atoms with E-state index in [1.807, 2.05) is 24.3 Å². The van der Waals surface area contributed by atoms with Crippen LogP contribution in [0.25, 0.3) is 0 Å². The number of aromatic nitrogens is 2. The largest absolute Gasteiger partial charge is 0.493 e. The average molecular weight is 267 g/mol. The normalized spacial score (nSPS) is 10.4. The summed E-state index contributed by atoms with van der Waals surface area (Å²) in [5, 5.41) is 0. The van der Waals surface area contributed by atoms with Crippen LogP contribution in [0, 0.1) is 0 Å². The molecular weight excluding hydrogens is 254 g/mol. The Morgan fingerprint density at radius 2 is 2.12 bits per heavy atom. The van der Waals surface area contributed by atoms with Gasteiger partial charge in [-0.3, -0.25) is 0 Å². The first-order chi connectivity index (χ1) is 8.38. The minimum atomic E-state index is 0.563. The van der Waals surface area contributed by atoms with Crippen LogP contribution < -0.4 is 10.5 Å². The van der Waals surface area contributed by atoms with Gasteiger partial charge in [0.1, 0.15) is 12.1 Å². The molecule has 1 aromatic carbocycles. The van der Waals surface area contributed by atoms with Crippen molar-refractivity contribution in [1.82, 2.24) is 9.36 Å². The molecule has 0 aliphatic rings. The molecule has 4 nitrogen and oxygen atoms in total. The molecule has 0 fully saturated rings. The standard InChI is InChI=1S/C11H13N3OS2/c12-7-9-1-3-10(4-2-9)15-5-6-16-11-13-8-14-17-11/h1-4,8H,5-7,12H2. The van der Waals surface area contributed by atoms with E-state index in [1.165, 1.54) is 11.5 Å². The van der Waals surface area contributed by atoms with Gasteiger partial charge >= 0.3 is 0 Å². The van der Waals surface area contributed by atoms with Crippen molar-refractivity contribution in [3.63, 3.8) is 0 Å². The highest BCUT2D eigenvalue weighted by atomic mass is 32.2. The van der Waals surface area contributed by atoms with Gasteiger partial charge in [-0.1, -0.05) is 23.9 Å². The molecule has 1 aromatic heterocycles. The van der Waals surface area contributed by atoms with Crippen LogP contribution >= 0.6 is 23.3 Å². The predicted molar refractivity (Wildman–Crippen MR) is 70.5 cm³/mol. The van der Waals surface area contributed by atoms with Crippen LogP contribution in [0.4, 0.5) is 0 Å². The van der Waals surface area contributed by atoms with E-state index in [0.29, 0.717) is 13.2 Å². The van der Waals surface area contributed by atoms with Crippen LogP contribution in [0.2, 0.25) is 0 Å². The lowest BCUT2D eigenvalue weighted by Gasteiger charge is -2.05. The Morgan fingerprint density at radius 1 is 1.29 bits per heavy atom. The highest BCUT2D eigenvalue weighted by Crippen LogP contribution is 2.18. The Balaban J connectivity index is 1.70. The van der Waals surface area contributed by atoms with Gasteiger partial charge in [0.15, 0.2) is 4.34 Å². The lowest BCUT2D eigenvalue weighted by molar-refractivity contribution is 0.344. The van der Waals surface area contributed by atoms with Crippen molar-refractivity contribution in [3.8, 4) is 5.75 Å². The number of hydrogen-bond acceptors (Lipinski definition) is 6. The fourth-order valence-electron chi connectivity index (χ4n) is 1.24. The third-order valence-electron chi connectivity index (χ3n) is 2.08. The molecule has 0 aliphatic carbocycles. The topological polar surface area (TPSA) is 61.0 Å². The molecule has 0 bridgehead atoms. The van der Waals surface area contributed by atoms with Crippen molar-refractivity contribution >= 4 is 23.3 Å². The Kier molecular flexibility index (Phi) is 4.78. The Hall–Kier alpha value is -1.11. The second kappa shape index (κ2) is 6.58. The second-order valence-electron chi connectivity index (χ2n) is 3.25. The maximum Gasteiger partial charge on any atom is 0.169 e. The van der Waals surface area contributed by atoms with Gasteiger partial charge in [-0.15, -0.1) is 0 Å². The summed E-state index contributed by atoms with van der Waals surface area (Å²) in [7, 11) is 0. The zero-order valence-corrected chi connectivity index (χ0v) is 10.8. The summed E-state index contributed by atoms with van der Waals surface area (Å²) < 4.78 is 10.5. The zero-order chi connectivity index (χ0) is 11.9. The van der Waals surface area contributed by atoms with Crippen LogP contribution in [0.3, 0.4) is 0 Å². The molecule has 2 aromatic rings. The maximum atomic E-state index is 5.60. The third kappa shape index (κ3) is 3.99. The monoisotopic (exact) mass is 267 g/mol. The summed E-state index contributed by atoms with van der Waals surface area (Å²) in [5.74, 6) is 1.74. The molecule has 6 heteroatoms. The lowest BCUT2D eigenvalue weighted by atomic mass is 10.2. The van der Waals surface area contributed by atoms with Gasteiger partial charge in [0.2, 0.25) is 0 Å². The molecule has 90 valence electrons. The summed E-state index contributed by atoms with van der Waals surface area (Å²) in [5.41, 5.74) is 6.63. The first-order valence-corrected chi connectivity index (χ1v) is 6.95. The highest BCUT2D eigenvalue weighted by Gasteiger charge is 1.98. The minimum Gasteiger partial charge on any atom is -0.493 e. The molecule has 0 radical (unpaired) electrons. The number of benzene rings is 1. The summed E-state index contributed by atoms with van der Waals surface area (Å²) in [6.45, 7) is 1.22. The predicted octanol–water partition coefficient (Wildman–Crippen LogP) is 2.17. The van der Waals surface area contributed by atoms with Gasteiger partial charge < -0.3 is 10.5 Å². The maximum absolute atomic E-state index is 5.60. The molecule has 17 heavy (non-hydrogen) atoms. The molecule has 0 amide bonds. The van der Waals surface area contributed by atoms with Crippen molar-refractivity contribution in [1.29, 1.82) is 0 Å². The van der Waals surface area contributed by atoms with Crippen molar-refractivity contribution in [2.24, 2.45) is 5.73 Å². The Bertz CT molecular complexity index is 430. The molecular formula is C11H13N3OS2. The quantitative estimate of drug-likeness (QED) is 0.642. The first kappa shape index (κ1) is 12.3. The van der Waals surface area contributed by atoms with Crippen LogP contribution in [0.1, 0.15) is 5.56 Å². The van der Waals surface area contributed by atoms with E-state index in [9.17, 15) is 0 Å². The summed E-state index contributed by atoms with van der Waals surface area (Å²) >= 11 is 3.06. The summed E-state index contributed by atoms with van der Waals surface area (Å²) in [6.07, 6.45) is 1.57. The Morgan fingerprint density at radius 3 is 2.76 bits per heavy atom. The van der Waals surface area contributed by atoms with Gasteiger partial charge in [0.05, 0.1) is 6.61 Å². The van der Waals surface area contributed by atoms with Gasteiger partial charge in [0, 0.05) is 12.3 Å². The van der Waals surface area contributed by atoms with Crippen molar-refractivity contribution < 1.29 is 4.74 Å². The molecule has 1 heterocycles. The molecule has 0 saturated carbocycles. The number of nitrogens with zero attached hydrogens (tertiary/aromatic N) is 2. The second-order valence-corrected chi connectivity index (χ2v) is 5.37. The van der Waals surface area contributed by atoms with Gasteiger partial charge in [-0.25, -0.2) is 4.98 Å². The molecule has 0 atom stereocenters. The van der Waals surface area contributed by atoms with E-state index in [4.69, 9.17) is 10.5 Å². The molecule has 0 spiro atoms. The van der Waals surface area contributed by atoms with Crippen LogP contribution in [0.5, 0.6) is 5.75 Å². The number of nitrogens with two attached hydrogens (primary N) is 1. The van der Waals surface area contributed by atoms with Crippen LogP contribution in [0.15, 0.2) is 34.9 Å². The smallest absolute Gasteiger partial charge is 0.169 e. The van der Waals surface area contributed by atoms with E-state index >= 15 is 0 Å². The molecule has 0 aliphatic heterocycles. The molecule has 0 saturated heterocycles. The van der Waals surface area contributed by atoms with E-state index in [0.717, 1.165) is 21.4 Å². The number of hydrogen-bond donors (Lipinski definition) is 1. The lowest BCUT2D eigenvalue weighted by Crippen LogP contribution is -2.00. The van der Waals surface area contributed by atoms with Crippen molar-refractivity contribution in [3.05, 3.63) is 36.2 Å². The van der Waals surface area contributed by atoms with E-state index < -0.39 is 0 Å². The minimum absolute atomic E-state index is 0.563. The fourth-order valence-corrected chi connectivity index (χ4v) is 2.57. The van der Waals surface area contributed by atoms with Gasteiger partial charge in [0.25, 0.3) is 0 Å². The molecule has 2 N–H and O–H groups in total. The van der Waals surface area contributed by atoms with E-state index in [2.05, 4.69) is 9.36 Å². The van der Waals surface area contributed by atoms with Gasteiger partial charge in [-0.2, -0.15) is 4.37 Å². The molecule has 2 rings (SSSR count). The van der Waals surface area contributed by atoms with Gasteiger partial charge in [-0.05, 0) is 29.2 Å². The molecule has 0 unspecified atom stereocenters. The van der Waals surface area contributed by atoms with Crippen LogP contribution in [-0.2, 0) is 6.54 Å². The fraction of sp³-hybridized carbons (Fsp3) is 0.273. The van der Waals surface area contributed by atoms with Crippen LogP contribution in [-0.4, -0.2) is 21.7 Å².